The zero-order valence-electron chi connectivity index (χ0n) is 8.11. The average Bonchev–Trinajstić information content (AvgIpc) is 2.17. The molecule has 1 aromatic rings. The average molecular weight is 273 g/mol. The molecule has 1 aromatic carbocycles. The van der Waals surface area contributed by atoms with Crippen LogP contribution >= 0.6 is 15.9 Å². The van der Waals surface area contributed by atoms with Crippen LogP contribution in [0.5, 0.6) is 5.75 Å². The van der Waals surface area contributed by atoms with Crippen LogP contribution in [0.25, 0.3) is 0 Å². The van der Waals surface area contributed by atoms with Gasteiger partial charge in [-0.1, -0.05) is 0 Å². The van der Waals surface area contributed by atoms with Gasteiger partial charge in [0.25, 0.3) is 0 Å². The van der Waals surface area contributed by atoms with Crippen LogP contribution in [0, 0.1) is 0 Å². The maximum atomic E-state index is 10.7. The van der Waals surface area contributed by atoms with Gasteiger partial charge >= 0.3 is 7.12 Å². The predicted molar refractivity (Wildman–Crippen MR) is 60.5 cm³/mol. The summed E-state index contributed by atoms with van der Waals surface area (Å²) >= 11 is 3.16. The second-order valence-corrected chi connectivity index (χ2v) is 3.69. The topological polar surface area (TPSA) is 66.8 Å². The second-order valence-electron chi connectivity index (χ2n) is 2.83. The van der Waals surface area contributed by atoms with Gasteiger partial charge in [-0.3, -0.25) is 4.79 Å². The van der Waals surface area contributed by atoms with Crippen molar-refractivity contribution in [2.24, 2.45) is 0 Å². The fourth-order valence-electron chi connectivity index (χ4n) is 1.20. The number of hydrogen-bond acceptors (Lipinski definition) is 4. The van der Waals surface area contributed by atoms with Gasteiger partial charge in [-0.05, 0) is 40.4 Å². The summed E-state index contributed by atoms with van der Waals surface area (Å²) in [5, 5.41) is 18.1. The standard InChI is InChI=1S/C9H10BBrO4/c1-2-15-6-3-8(10(13)14)7(5-12)9(11)4-6/h3-5,13-14H,2H2,1H3. The Morgan fingerprint density at radius 1 is 1.53 bits per heavy atom. The molecule has 2 N–H and O–H groups in total. The quantitative estimate of drug-likeness (QED) is 0.613. The summed E-state index contributed by atoms with van der Waals surface area (Å²) in [6, 6.07) is 3.04. The lowest BCUT2D eigenvalue weighted by Crippen LogP contribution is -2.33. The molecule has 0 saturated heterocycles. The van der Waals surface area contributed by atoms with E-state index in [1.54, 1.807) is 6.07 Å². The summed E-state index contributed by atoms with van der Waals surface area (Å²) in [7, 11) is -1.69. The van der Waals surface area contributed by atoms with Crippen LogP contribution in [-0.4, -0.2) is 30.1 Å². The molecule has 0 aliphatic carbocycles. The van der Waals surface area contributed by atoms with E-state index in [0.29, 0.717) is 23.1 Å². The molecule has 80 valence electrons. The highest BCUT2D eigenvalue weighted by atomic mass is 79.9. The highest BCUT2D eigenvalue weighted by molar-refractivity contribution is 9.10. The molecule has 0 aliphatic heterocycles. The van der Waals surface area contributed by atoms with E-state index in [2.05, 4.69) is 15.9 Å². The molecular weight excluding hydrogens is 263 g/mol. The zero-order valence-corrected chi connectivity index (χ0v) is 9.69. The normalized spacial score (nSPS) is 9.87. The van der Waals surface area contributed by atoms with Crippen molar-refractivity contribution < 1.29 is 19.6 Å². The van der Waals surface area contributed by atoms with Crippen molar-refractivity contribution in [2.75, 3.05) is 6.61 Å². The lowest BCUT2D eigenvalue weighted by molar-refractivity contribution is 0.112. The largest absolute Gasteiger partial charge is 0.494 e. The Bertz CT molecular complexity index is 367. The summed E-state index contributed by atoms with van der Waals surface area (Å²) in [5.74, 6) is 0.484. The molecule has 1 rings (SSSR count). The van der Waals surface area contributed by atoms with Crippen molar-refractivity contribution >= 4 is 34.8 Å². The van der Waals surface area contributed by atoms with Crippen LogP contribution in [0.15, 0.2) is 16.6 Å². The van der Waals surface area contributed by atoms with E-state index in [-0.39, 0.29) is 11.0 Å². The van der Waals surface area contributed by atoms with E-state index >= 15 is 0 Å². The number of ether oxygens (including phenoxy) is 1. The van der Waals surface area contributed by atoms with Crippen LogP contribution in [0.1, 0.15) is 17.3 Å². The first-order valence-corrected chi connectivity index (χ1v) is 5.17. The monoisotopic (exact) mass is 272 g/mol. The molecule has 0 atom stereocenters. The van der Waals surface area contributed by atoms with E-state index < -0.39 is 7.12 Å². The van der Waals surface area contributed by atoms with E-state index in [4.69, 9.17) is 14.8 Å². The molecule has 0 amide bonds. The van der Waals surface area contributed by atoms with Crippen molar-refractivity contribution in [3.8, 4) is 5.75 Å². The first-order chi connectivity index (χ1) is 7.10. The summed E-state index contributed by atoms with van der Waals surface area (Å²) in [4.78, 5) is 10.7. The van der Waals surface area contributed by atoms with Gasteiger partial charge in [0, 0.05) is 10.0 Å². The second kappa shape index (κ2) is 5.30. The number of carbonyl (C=O) groups is 1. The van der Waals surface area contributed by atoms with Crippen molar-refractivity contribution in [3.63, 3.8) is 0 Å². The molecule has 0 unspecified atom stereocenters. The number of carbonyl (C=O) groups excluding carboxylic acids is 1. The maximum Gasteiger partial charge on any atom is 0.489 e. The van der Waals surface area contributed by atoms with Gasteiger partial charge < -0.3 is 14.8 Å². The fourth-order valence-corrected chi connectivity index (χ4v) is 1.75. The number of rotatable bonds is 4. The molecule has 0 aliphatic rings. The van der Waals surface area contributed by atoms with Crippen LogP contribution in [0.3, 0.4) is 0 Å². The van der Waals surface area contributed by atoms with Crippen LogP contribution in [0.2, 0.25) is 0 Å². The van der Waals surface area contributed by atoms with Gasteiger partial charge in [-0.2, -0.15) is 0 Å². The number of halogens is 1. The molecule has 0 fully saturated rings. The Labute approximate surface area is 96.1 Å². The lowest BCUT2D eigenvalue weighted by Gasteiger charge is -2.10. The maximum absolute atomic E-state index is 10.7. The Hall–Kier alpha value is -0.845. The molecule has 0 heterocycles. The number of hydrogen-bond donors (Lipinski definition) is 2. The van der Waals surface area contributed by atoms with Crippen LogP contribution < -0.4 is 10.2 Å². The van der Waals surface area contributed by atoms with Gasteiger partial charge in [0.15, 0.2) is 6.29 Å². The molecule has 4 nitrogen and oxygen atoms in total. The SMILES string of the molecule is CCOc1cc(Br)c(C=O)c(B(O)O)c1. The van der Waals surface area contributed by atoms with Crippen molar-refractivity contribution in [1.29, 1.82) is 0 Å². The minimum Gasteiger partial charge on any atom is -0.494 e. The van der Waals surface area contributed by atoms with E-state index in [9.17, 15) is 4.79 Å². The van der Waals surface area contributed by atoms with Crippen molar-refractivity contribution in [3.05, 3.63) is 22.2 Å². The third-order valence-corrected chi connectivity index (χ3v) is 2.50. The van der Waals surface area contributed by atoms with Crippen LogP contribution in [-0.2, 0) is 0 Å². The van der Waals surface area contributed by atoms with Gasteiger partial charge in [0.2, 0.25) is 0 Å². The third kappa shape index (κ3) is 2.81. The predicted octanol–water partition coefficient (Wildman–Crippen LogP) is 0.340. The molecule has 6 heteroatoms. The number of benzene rings is 1. The highest BCUT2D eigenvalue weighted by Crippen LogP contribution is 2.20. The molecule has 0 spiro atoms. The van der Waals surface area contributed by atoms with Gasteiger partial charge in [-0.25, -0.2) is 0 Å². The fraction of sp³-hybridized carbons (Fsp3) is 0.222. The van der Waals surface area contributed by atoms with E-state index in [1.165, 1.54) is 6.07 Å². The van der Waals surface area contributed by atoms with E-state index in [1.807, 2.05) is 6.92 Å². The van der Waals surface area contributed by atoms with Gasteiger partial charge in [0.05, 0.1) is 6.61 Å². The zero-order chi connectivity index (χ0) is 11.4. The summed E-state index contributed by atoms with van der Waals surface area (Å²) in [6.45, 7) is 2.28. The minimum absolute atomic E-state index is 0.128. The van der Waals surface area contributed by atoms with Crippen molar-refractivity contribution in [2.45, 2.75) is 6.92 Å². The molecular formula is C9H10BBrO4. The minimum atomic E-state index is -1.69. The number of aldehydes is 1. The Balaban J connectivity index is 3.25. The lowest BCUT2D eigenvalue weighted by atomic mass is 9.77. The summed E-state index contributed by atoms with van der Waals surface area (Å²) in [6.07, 6.45) is 0.564. The first-order valence-electron chi connectivity index (χ1n) is 4.37. The molecule has 0 saturated carbocycles. The Morgan fingerprint density at radius 2 is 2.20 bits per heavy atom. The molecule has 0 radical (unpaired) electrons. The summed E-state index contributed by atoms with van der Waals surface area (Å²) in [5.41, 5.74) is 0.344. The molecule has 0 bridgehead atoms. The Kier molecular flexibility index (Phi) is 4.32. The third-order valence-electron chi connectivity index (χ3n) is 1.84. The summed E-state index contributed by atoms with van der Waals surface area (Å²) < 4.78 is 5.69. The highest BCUT2D eigenvalue weighted by Gasteiger charge is 2.19. The van der Waals surface area contributed by atoms with Gasteiger partial charge in [0.1, 0.15) is 5.75 Å². The molecule has 15 heavy (non-hydrogen) atoms. The smallest absolute Gasteiger partial charge is 0.489 e. The van der Waals surface area contributed by atoms with Gasteiger partial charge in [-0.15, -0.1) is 0 Å². The molecule has 0 aromatic heterocycles. The first kappa shape index (κ1) is 12.2. The van der Waals surface area contributed by atoms with Crippen molar-refractivity contribution in [1.82, 2.24) is 0 Å². The van der Waals surface area contributed by atoms with Crippen LogP contribution in [0.4, 0.5) is 0 Å². The Morgan fingerprint density at radius 3 is 2.67 bits per heavy atom. The van der Waals surface area contributed by atoms with E-state index in [0.717, 1.165) is 0 Å².